The molecule has 17 heavy (non-hydrogen) atoms. The van der Waals surface area contributed by atoms with Gasteiger partial charge >= 0.3 is 0 Å². The third-order valence-corrected chi connectivity index (χ3v) is 2.95. The lowest BCUT2D eigenvalue weighted by Crippen LogP contribution is -2.22. The van der Waals surface area contributed by atoms with E-state index in [-0.39, 0.29) is 6.29 Å². The highest BCUT2D eigenvalue weighted by atomic mass is 16.7. The van der Waals surface area contributed by atoms with Crippen molar-refractivity contribution in [2.75, 3.05) is 27.3 Å². The first kappa shape index (κ1) is 12.3. The number of aromatic nitrogens is 2. The topological polar surface area (TPSA) is 48.3 Å². The molecule has 94 valence electrons. The normalized spacial score (nSPS) is 16.3. The summed E-state index contributed by atoms with van der Waals surface area (Å²) < 4.78 is 12.6. The van der Waals surface area contributed by atoms with Crippen molar-refractivity contribution in [3.8, 4) is 0 Å². The zero-order valence-electron chi connectivity index (χ0n) is 10.3. The molecule has 0 fully saturated rings. The Bertz CT molecular complexity index is 383. The minimum absolute atomic E-state index is 0.347. The molecular formula is C12H19N3O2. The van der Waals surface area contributed by atoms with Gasteiger partial charge in [-0.1, -0.05) is 11.6 Å². The Morgan fingerprint density at radius 1 is 1.47 bits per heavy atom. The van der Waals surface area contributed by atoms with Gasteiger partial charge in [0, 0.05) is 27.3 Å². The van der Waals surface area contributed by atoms with Gasteiger partial charge in [-0.3, -0.25) is 0 Å². The first-order valence-electron chi connectivity index (χ1n) is 5.79. The van der Waals surface area contributed by atoms with E-state index in [9.17, 15) is 0 Å². The van der Waals surface area contributed by atoms with Gasteiger partial charge < -0.3 is 19.4 Å². The predicted octanol–water partition coefficient (Wildman–Crippen LogP) is 1.09. The summed E-state index contributed by atoms with van der Waals surface area (Å²) in [5.41, 5.74) is 2.38. The second-order valence-corrected chi connectivity index (χ2v) is 4.07. The van der Waals surface area contributed by atoms with Crippen LogP contribution in [0.15, 0.2) is 24.2 Å². The van der Waals surface area contributed by atoms with E-state index in [1.807, 2.05) is 6.33 Å². The number of hydrogen-bond donors (Lipinski definition) is 1. The Morgan fingerprint density at radius 2 is 2.29 bits per heavy atom. The molecule has 1 N–H and O–H groups in total. The Balaban J connectivity index is 2.10. The molecule has 1 aliphatic rings. The molecule has 0 spiro atoms. The van der Waals surface area contributed by atoms with Crippen molar-refractivity contribution >= 4 is 0 Å². The van der Waals surface area contributed by atoms with E-state index < -0.39 is 0 Å². The summed E-state index contributed by atoms with van der Waals surface area (Å²) in [5, 5.41) is 3.30. The highest BCUT2D eigenvalue weighted by Crippen LogP contribution is 2.18. The molecule has 0 saturated heterocycles. The lowest BCUT2D eigenvalue weighted by atomic mass is 10.1. The molecule has 0 aromatic carbocycles. The number of ether oxygens (including phenoxy) is 2. The summed E-state index contributed by atoms with van der Waals surface area (Å²) in [5.74, 6) is 0. The summed E-state index contributed by atoms with van der Waals surface area (Å²) in [6.45, 7) is 2.87. The molecule has 0 bridgehead atoms. The molecule has 0 saturated carbocycles. The van der Waals surface area contributed by atoms with Crippen LogP contribution in [0.5, 0.6) is 0 Å². The molecule has 0 unspecified atom stereocenters. The fourth-order valence-corrected chi connectivity index (χ4v) is 2.03. The van der Waals surface area contributed by atoms with Crippen LogP contribution in [-0.4, -0.2) is 36.9 Å². The monoisotopic (exact) mass is 237 g/mol. The molecule has 0 radical (unpaired) electrons. The van der Waals surface area contributed by atoms with Gasteiger partial charge in [0.25, 0.3) is 0 Å². The Kier molecular flexibility index (Phi) is 4.30. The van der Waals surface area contributed by atoms with Crippen molar-refractivity contribution in [2.45, 2.75) is 19.3 Å². The van der Waals surface area contributed by atoms with Gasteiger partial charge in [-0.05, 0) is 13.0 Å². The largest absolute Gasteiger partial charge is 0.350 e. The number of nitrogens with one attached hydrogen (secondary N) is 1. The zero-order valence-corrected chi connectivity index (χ0v) is 10.3. The smallest absolute Gasteiger partial charge is 0.200 e. The van der Waals surface area contributed by atoms with Crippen molar-refractivity contribution in [3.63, 3.8) is 0 Å². The number of imidazole rings is 1. The highest BCUT2D eigenvalue weighted by molar-refractivity contribution is 5.10. The summed E-state index contributed by atoms with van der Waals surface area (Å²) in [6, 6.07) is 0. The average molecular weight is 237 g/mol. The second-order valence-electron chi connectivity index (χ2n) is 4.07. The van der Waals surface area contributed by atoms with Crippen LogP contribution < -0.4 is 5.32 Å². The lowest BCUT2D eigenvalue weighted by molar-refractivity contribution is -0.110. The van der Waals surface area contributed by atoms with Crippen molar-refractivity contribution in [1.82, 2.24) is 14.9 Å². The summed E-state index contributed by atoms with van der Waals surface area (Å²) in [7, 11) is 3.27. The van der Waals surface area contributed by atoms with E-state index in [0.29, 0.717) is 0 Å². The summed E-state index contributed by atoms with van der Waals surface area (Å²) in [6.07, 6.45) is 6.59. The van der Waals surface area contributed by atoms with Crippen LogP contribution in [0.1, 0.15) is 18.4 Å². The van der Waals surface area contributed by atoms with Crippen LogP contribution in [0.4, 0.5) is 0 Å². The Morgan fingerprint density at radius 3 is 2.94 bits per heavy atom. The van der Waals surface area contributed by atoms with E-state index in [1.165, 1.54) is 5.57 Å². The van der Waals surface area contributed by atoms with Gasteiger partial charge in [-0.2, -0.15) is 0 Å². The summed E-state index contributed by atoms with van der Waals surface area (Å²) >= 11 is 0. The summed E-state index contributed by atoms with van der Waals surface area (Å²) in [4.78, 5) is 4.16. The van der Waals surface area contributed by atoms with Crippen LogP contribution in [-0.2, 0) is 16.0 Å². The molecule has 0 aliphatic carbocycles. The van der Waals surface area contributed by atoms with E-state index in [0.717, 1.165) is 31.7 Å². The van der Waals surface area contributed by atoms with Gasteiger partial charge in [0.05, 0.1) is 18.2 Å². The molecule has 1 aromatic heterocycles. The zero-order chi connectivity index (χ0) is 12.1. The average Bonchev–Trinajstić information content (AvgIpc) is 2.81. The van der Waals surface area contributed by atoms with E-state index >= 15 is 0 Å². The quantitative estimate of drug-likeness (QED) is 0.615. The van der Waals surface area contributed by atoms with E-state index in [4.69, 9.17) is 9.47 Å². The minimum Gasteiger partial charge on any atom is -0.350 e. The highest BCUT2D eigenvalue weighted by Gasteiger charge is 2.15. The SMILES string of the molecule is COC(OC)c1cncn1CC1=CCNCC1. The van der Waals surface area contributed by atoms with Gasteiger partial charge in [0.1, 0.15) is 0 Å². The first-order chi connectivity index (χ1) is 8.35. The predicted molar refractivity (Wildman–Crippen MR) is 64.6 cm³/mol. The van der Waals surface area contributed by atoms with Crippen LogP contribution in [0.25, 0.3) is 0 Å². The molecule has 2 heterocycles. The van der Waals surface area contributed by atoms with Crippen molar-refractivity contribution in [2.24, 2.45) is 0 Å². The standard InChI is InChI=1S/C12H19N3O2/c1-16-12(17-2)11-7-14-9-15(11)8-10-3-5-13-6-4-10/h3,7,9,12-13H,4-6,8H2,1-2H3. The van der Waals surface area contributed by atoms with Crippen LogP contribution in [0.3, 0.4) is 0 Å². The number of nitrogens with zero attached hydrogens (tertiary/aromatic N) is 2. The first-order valence-corrected chi connectivity index (χ1v) is 5.79. The molecule has 0 atom stereocenters. The molecule has 2 rings (SSSR count). The van der Waals surface area contributed by atoms with Crippen molar-refractivity contribution < 1.29 is 9.47 Å². The molecular weight excluding hydrogens is 218 g/mol. The maximum absolute atomic E-state index is 5.26. The van der Waals surface area contributed by atoms with Crippen LogP contribution >= 0.6 is 0 Å². The maximum Gasteiger partial charge on any atom is 0.200 e. The third kappa shape index (κ3) is 2.94. The van der Waals surface area contributed by atoms with E-state index in [2.05, 4.69) is 20.9 Å². The molecule has 1 aromatic rings. The molecule has 5 heteroatoms. The van der Waals surface area contributed by atoms with Gasteiger partial charge in [-0.25, -0.2) is 4.98 Å². The van der Waals surface area contributed by atoms with Crippen molar-refractivity contribution in [1.29, 1.82) is 0 Å². The maximum atomic E-state index is 5.26. The molecule has 5 nitrogen and oxygen atoms in total. The van der Waals surface area contributed by atoms with Crippen LogP contribution in [0.2, 0.25) is 0 Å². The van der Waals surface area contributed by atoms with Crippen LogP contribution in [0, 0.1) is 0 Å². The van der Waals surface area contributed by atoms with Gasteiger partial charge in [-0.15, -0.1) is 0 Å². The lowest BCUT2D eigenvalue weighted by Gasteiger charge is -2.19. The van der Waals surface area contributed by atoms with E-state index in [1.54, 1.807) is 20.4 Å². The fraction of sp³-hybridized carbons (Fsp3) is 0.583. The van der Waals surface area contributed by atoms with Gasteiger partial charge in [0.2, 0.25) is 0 Å². The number of methoxy groups -OCH3 is 2. The Hall–Kier alpha value is -1.17. The number of hydrogen-bond acceptors (Lipinski definition) is 4. The number of rotatable bonds is 5. The van der Waals surface area contributed by atoms with Crippen molar-refractivity contribution in [3.05, 3.63) is 29.9 Å². The van der Waals surface area contributed by atoms with Gasteiger partial charge in [0.15, 0.2) is 6.29 Å². The Labute approximate surface area is 101 Å². The fourth-order valence-electron chi connectivity index (χ4n) is 2.03. The third-order valence-electron chi connectivity index (χ3n) is 2.95. The minimum atomic E-state index is -0.347. The molecule has 0 amide bonds. The molecule has 1 aliphatic heterocycles. The second kappa shape index (κ2) is 5.95.